The van der Waals surface area contributed by atoms with Crippen LogP contribution in [0, 0.1) is 0 Å². The molecule has 2 atom stereocenters. The maximum absolute atomic E-state index is 11.6. The topological polar surface area (TPSA) is 64.0 Å². The summed E-state index contributed by atoms with van der Waals surface area (Å²) in [4.78, 5) is 15.2. The molecular weight excluding hydrogens is 196 g/mol. The van der Waals surface area contributed by atoms with E-state index >= 15 is 0 Å². The lowest BCUT2D eigenvalue weighted by Gasteiger charge is -2.35. The number of nitrogens with zero attached hydrogens (tertiary/aromatic N) is 2. The highest BCUT2D eigenvalue weighted by Gasteiger charge is 2.24. The van der Waals surface area contributed by atoms with Gasteiger partial charge < -0.3 is 15.1 Å². The second kappa shape index (κ2) is 5.44. The molecule has 0 aromatic carbocycles. The van der Waals surface area contributed by atoms with Crippen LogP contribution in [0.3, 0.4) is 0 Å². The molecule has 1 fully saturated rings. The van der Waals surface area contributed by atoms with Gasteiger partial charge in [0.15, 0.2) is 0 Å². The number of piperazine rings is 1. The molecule has 1 aliphatic rings. The van der Waals surface area contributed by atoms with Crippen molar-refractivity contribution >= 4 is 5.91 Å². The molecule has 0 aromatic heterocycles. The predicted octanol–water partition coefficient (Wildman–Crippen LogP) is -1.11. The number of hydrogen-bond acceptors (Lipinski definition) is 4. The SMILES string of the molecule is CC(O)CN1CCN(CC(C)O)C(=O)C1. The van der Waals surface area contributed by atoms with E-state index in [-0.39, 0.29) is 5.91 Å². The Morgan fingerprint density at radius 2 is 1.80 bits per heavy atom. The van der Waals surface area contributed by atoms with E-state index < -0.39 is 12.2 Å². The Morgan fingerprint density at radius 1 is 1.20 bits per heavy atom. The van der Waals surface area contributed by atoms with E-state index in [1.165, 1.54) is 0 Å². The summed E-state index contributed by atoms with van der Waals surface area (Å²) < 4.78 is 0. The van der Waals surface area contributed by atoms with E-state index in [0.717, 1.165) is 6.54 Å². The van der Waals surface area contributed by atoms with Gasteiger partial charge in [0.2, 0.25) is 5.91 Å². The summed E-state index contributed by atoms with van der Waals surface area (Å²) in [5.74, 6) is 0.0304. The molecule has 0 saturated carbocycles. The fraction of sp³-hybridized carbons (Fsp3) is 0.900. The minimum absolute atomic E-state index is 0.0304. The van der Waals surface area contributed by atoms with Gasteiger partial charge in [0.1, 0.15) is 0 Å². The Hall–Kier alpha value is -0.650. The van der Waals surface area contributed by atoms with Gasteiger partial charge in [0.25, 0.3) is 0 Å². The molecule has 0 aliphatic carbocycles. The number of aliphatic hydroxyl groups is 2. The first-order chi connectivity index (χ1) is 6.99. The molecule has 1 rings (SSSR count). The average Bonchev–Trinajstić information content (AvgIpc) is 2.08. The van der Waals surface area contributed by atoms with Gasteiger partial charge in [-0.2, -0.15) is 0 Å². The summed E-state index contributed by atoms with van der Waals surface area (Å²) in [7, 11) is 0. The van der Waals surface area contributed by atoms with Gasteiger partial charge >= 0.3 is 0 Å². The number of carbonyl (C=O) groups is 1. The summed E-state index contributed by atoms with van der Waals surface area (Å²) in [5.41, 5.74) is 0. The zero-order chi connectivity index (χ0) is 11.4. The van der Waals surface area contributed by atoms with E-state index in [2.05, 4.69) is 0 Å². The summed E-state index contributed by atoms with van der Waals surface area (Å²) in [6.07, 6.45) is -0.876. The maximum atomic E-state index is 11.6. The van der Waals surface area contributed by atoms with Crippen LogP contribution in [0.5, 0.6) is 0 Å². The molecule has 0 aromatic rings. The second-order valence-corrected chi connectivity index (χ2v) is 4.27. The molecule has 15 heavy (non-hydrogen) atoms. The molecule has 0 bridgehead atoms. The van der Waals surface area contributed by atoms with Crippen LogP contribution in [0.4, 0.5) is 0 Å². The molecule has 2 N–H and O–H groups in total. The minimum atomic E-state index is -0.475. The van der Waals surface area contributed by atoms with Crippen LogP contribution in [0.15, 0.2) is 0 Å². The fourth-order valence-corrected chi connectivity index (χ4v) is 1.80. The molecular formula is C10H20N2O3. The lowest BCUT2D eigenvalue weighted by atomic mass is 10.2. The Balaban J connectivity index is 2.37. The molecule has 2 unspecified atom stereocenters. The van der Waals surface area contributed by atoms with Crippen molar-refractivity contribution in [2.75, 3.05) is 32.7 Å². The zero-order valence-corrected chi connectivity index (χ0v) is 9.39. The second-order valence-electron chi connectivity index (χ2n) is 4.27. The predicted molar refractivity (Wildman–Crippen MR) is 56.4 cm³/mol. The zero-order valence-electron chi connectivity index (χ0n) is 9.39. The summed E-state index contributed by atoms with van der Waals surface area (Å²) >= 11 is 0. The first-order valence-corrected chi connectivity index (χ1v) is 5.35. The minimum Gasteiger partial charge on any atom is -0.392 e. The van der Waals surface area contributed by atoms with Crippen molar-refractivity contribution in [1.82, 2.24) is 9.80 Å². The van der Waals surface area contributed by atoms with Gasteiger partial charge in [-0.05, 0) is 13.8 Å². The van der Waals surface area contributed by atoms with Crippen LogP contribution in [-0.4, -0.2) is 70.9 Å². The number of carbonyl (C=O) groups excluding carboxylic acids is 1. The van der Waals surface area contributed by atoms with Crippen LogP contribution in [-0.2, 0) is 4.79 Å². The maximum Gasteiger partial charge on any atom is 0.236 e. The van der Waals surface area contributed by atoms with Crippen molar-refractivity contribution < 1.29 is 15.0 Å². The van der Waals surface area contributed by atoms with Gasteiger partial charge in [0.05, 0.1) is 18.8 Å². The van der Waals surface area contributed by atoms with E-state index in [1.54, 1.807) is 18.7 Å². The van der Waals surface area contributed by atoms with Gasteiger partial charge in [-0.3, -0.25) is 9.69 Å². The first kappa shape index (κ1) is 12.4. The average molecular weight is 216 g/mol. The highest BCUT2D eigenvalue weighted by molar-refractivity contribution is 5.79. The van der Waals surface area contributed by atoms with Crippen molar-refractivity contribution in [3.8, 4) is 0 Å². The summed E-state index contributed by atoms with van der Waals surface area (Å²) in [6, 6.07) is 0. The Kier molecular flexibility index (Phi) is 4.50. The van der Waals surface area contributed by atoms with Gasteiger partial charge in [-0.25, -0.2) is 0 Å². The van der Waals surface area contributed by atoms with Crippen LogP contribution >= 0.6 is 0 Å². The molecule has 1 aliphatic heterocycles. The number of aliphatic hydroxyl groups excluding tert-OH is 2. The Morgan fingerprint density at radius 3 is 2.27 bits per heavy atom. The quantitative estimate of drug-likeness (QED) is 0.625. The van der Waals surface area contributed by atoms with Crippen molar-refractivity contribution in [3.63, 3.8) is 0 Å². The van der Waals surface area contributed by atoms with Crippen LogP contribution in [0.25, 0.3) is 0 Å². The standard InChI is InChI=1S/C10H20N2O3/c1-8(13)5-11-3-4-12(6-9(2)14)10(15)7-11/h8-9,13-14H,3-7H2,1-2H3. The third-order valence-electron chi connectivity index (χ3n) is 2.40. The summed E-state index contributed by atoms with van der Waals surface area (Å²) in [5, 5.41) is 18.4. The molecule has 0 radical (unpaired) electrons. The third kappa shape index (κ3) is 4.15. The summed E-state index contributed by atoms with van der Waals surface area (Å²) in [6.45, 7) is 6.08. The Bertz CT molecular complexity index is 219. The van der Waals surface area contributed by atoms with Gasteiger partial charge in [-0.1, -0.05) is 0 Å². The van der Waals surface area contributed by atoms with E-state index in [9.17, 15) is 15.0 Å². The molecule has 0 spiro atoms. The number of hydrogen-bond donors (Lipinski definition) is 2. The molecule has 1 heterocycles. The van der Waals surface area contributed by atoms with Crippen molar-refractivity contribution in [1.29, 1.82) is 0 Å². The molecule has 88 valence electrons. The van der Waals surface area contributed by atoms with Crippen LogP contribution in [0.2, 0.25) is 0 Å². The largest absolute Gasteiger partial charge is 0.392 e. The van der Waals surface area contributed by atoms with E-state index in [1.807, 2.05) is 4.90 Å². The van der Waals surface area contributed by atoms with Gasteiger partial charge in [-0.15, -0.1) is 0 Å². The normalized spacial score (nSPS) is 22.9. The number of amides is 1. The number of β-amino-alcohol motifs (C(OH)–C–C–N with tert-alkyl or cyclic N) is 2. The van der Waals surface area contributed by atoms with Crippen molar-refractivity contribution in [2.24, 2.45) is 0 Å². The smallest absolute Gasteiger partial charge is 0.236 e. The first-order valence-electron chi connectivity index (χ1n) is 5.35. The molecule has 5 heteroatoms. The lowest BCUT2D eigenvalue weighted by Crippen LogP contribution is -2.53. The van der Waals surface area contributed by atoms with Crippen LogP contribution < -0.4 is 0 Å². The molecule has 5 nitrogen and oxygen atoms in total. The van der Waals surface area contributed by atoms with Gasteiger partial charge in [0, 0.05) is 26.2 Å². The third-order valence-corrected chi connectivity index (χ3v) is 2.40. The van der Waals surface area contributed by atoms with E-state index in [0.29, 0.717) is 26.2 Å². The highest BCUT2D eigenvalue weighted by atomic mass is 16.3. The van der Waals surface area contributed by atoms with Crippen molar-refractivity contribution in [3.05, 3.63) is 0 Å². The van der Waals surface area contributed by atoms with Crippen molar-refractivity contribution in [2.45, 2.75) is 26.1 Å². The molecule has 1 amide bonds. The Labute approximate surface area is 90.3 Å². The lowest BCUT2D eigenvalue weighted by molar-refractivity contribution is -0.137. The number of rotatable bonds is 4. The molecule has 1 saturated heterocycles. The monoisotopic (exact) mass is 216 g/mol. The van der Waals surface area contributed by atoms with Crippen LogP contribution in [0.1, 0.15) is 13.8 Å². The highest BCUT2D eigenvalue weighted by Crippen LogP contribution is 2.04. The van der Waals surface area contributed by atoms with E-state index in [4.69, 9.17) is 0 Å². The fourth-order valence-electron chi connectivity index (χ4n) is 1.80.